The average Bonchev–Trinajstić information content (AvgIpc) is 3.34. The van der Waals surface area contributed by atoms with E-state index in [1.807, 2.05) is 0 Å². The van der Waals surface area contributed by atoms with Gasteiger partial charge in [-0.2, -0.15) is 13.2 Å². The molecule has 5 rings (SSSR count). The van der Waals surface area contributed by atoms with Crippen molar-refractivity contribution < 1.29 is 27.5 Å². The maximum atomic E-state index is 10.6. The molecule has 1 atom stereocenters. The Morgan fingerprint density at radius 3 is 2.41 bits per heavy atom. The van der Waals surface area contributed by atoms with Crippen molar-refractivity contribution in [3.05, 3.63) is 77.8 Å². The lowest BCUT2D eigenvalue weighted by molar-refractivity contribution is -0.192. The summed E-state index contributed by atoms with van der Waals surface area (Å²) >= 11 is 0. The molecule has 0 amide bonds. The molecule has 2 aliphatic rings. The van der Waals surface area contributed by atoms with Crippen LogP contribution in [0.2, 0.25) is 0 Å². The molecule has 8 heteroatoms. The van der Waals surface area contributed by atoms with E-state index in [9.17, 15) is 13.2 Å². The largest absolute Gasteiger partial charge is 0.490 e. The van der Waals surface area contributed by atoms with Gasteiger partial charge in [0.1, 0.15) is 0 Å². The summed E-state index contributed by atoms with van der Waals surface area (Å²) < 4.78 is 37.1. The van der Waals surface area contributed by atoms with E-state index in [0.29, 0.717) is 11.5 Å². The number of hydrogen-bond acceptors (Lipinski definition) is 4. The van der Waals surface area contributed by atoms with Crippen LogP contribution >= 0.6 is 0 Å². The summed E-state index contributed by atoms with van der Waals surface area (Å²) in [5.41, 5.74) is 6.00. The second-order valence-electron chi connectivity index (χ2n) is 8.21. The van der Waals surface area contributed by atoms with Crippen LogP contribution in [0.25, 0.3) is 11.3 Å². The van der Waals surface area contributed by atoms with Crippen LogP contribution in [0.1, 0.15) is 48.4 Å². The summed E-state index contributed by atoms with van der Waals surface area (Å²) in [6, 6.07) is 18.1. The van der Waals surface area contributed by atoms with Crippen LogP contribution in [-0.2, 0) is 16.8 Å². The molecular weight excluding hydrogens is 421 g/mol. The zero-order chi connectivity index (χ0) is 22.8. The molecule has 0 bridgehead atoms. The van der Waals surface area contributed by atoms with Gasteiger partial charge in [0.05, 0.1) is 6.20 Å². The van der Waals surface area contributed by atoms with Gasteiger partial charge in [0.2, 0.25) is 0 Å². The van der Waals surface area contributed by atoms with E-state index in [2.05, 4.69) is 58.8 Å². The molecule has 32 heavy (non-hydrogen) atoms. The van der Waals surface area contributed by atoms with Crippen LogP contribution < -0.4 is 5.32 Å². The standard InChI is InChI=1S/C22H22N2O.C2HF3O2/c1-2-4-19-18(3-1)20(9-10-22(19)11-12-22)24-13-16-5-7-17(8-6-16)21-14-23-15-25-21;3-2(4,5)1(6)7/h1-8,14-15,20,24H,9-13H2;(H,6,7). The molecule has 1 spiro atoms. The number of aliphatic carboxylic acids is 1. The number of benzene rings is 2. The number of carbonyl (C=O) groups is 1. The molecule has 1 saturated carbocycles. The minimum Gasteiger partial charge on any atom is -0.475 e. The summed E-state index contributed by atoms with van der Waals surface area (Å²) in [4.78, 5) is 12.9. The molecule has 1 fully saturated rings. The number of nitrogens with zero attached hydrogens (tertiary/aromatic N) is 1. The Labute approximate surface area is 183 Å². The highest BCUT2D eigenvalue weighted by molar-refractivity contribution is 5.73. The molecule has 0 saturated heterocycles. The van der Waals surface area contributed by atoms with Crippen molar-refractivity contribution >= 4 is 5.97 Å². The van der Waals surface area contributed by atoms with Crippen molar-refractivity contribution in [2.75, 3.05) is 0 Å². The molecule has 1 aromatic heterocycles. The van der Waals surface area contributed by atoms with Crippen LogP contribution in [0.3, 0.4) is 0 Å². The van der Waals surface area contributed by atoms with Gasteiger partial charge < -0.3 is 14.8 Å². The fourth-order valence-corrected chi connectivity index (χ4v) is 4.26. The zero-order valence-corrected chi connectivity index (χ0v) is 17.2. The number of carboxylic acids is 1. The summed E-state index contributed by atoms with van der Waals surface area (Å²) in [5, 5.41) is 10.9. The topological polar surface area (TPSA) is 75.4 Å². The smallest absolute Gasteiger partial charge is 0.475 e. The first-order valence-electron chi connectivity index (χ1n) is 10.4. The lowest BCUT2D eigenvalue weighted by Crippen LogP contribution is -2.29. The number of rotatable bonds is 4. The third kappa shape index (κ3) is 4.85. The molecule has 168 valence electrons. The highest BCUT2D eigenvalue weighted by Crippen LogP contribution is 2.57. The molecule has 0 aliphatic heterocycles. The van der Waals surface area contributed by atoms with E-state index in [1.165, 1.54) is 43.2 Å². The van der Waals surface area contributed by atoms with Gasteiger partial charge in [-0.1, -0.05) is 48.5 Å². The minimum absolute atomic E-state index is 0.469. The lowest BCUT2D eigenvalue weighted by atomic mass is 9.77. The van der Waals surface area contributed by atoms with Crippen LogP contribution in [-0.4, -0.2) is 22.2 Å². The second kappa shape index (κ2) is 8.78. The highest BCUT2D eigenvalue weighted by Gasteiger charge is 2.48. The van der Waals surface area contributed by atoms with Gasteiger partial charge in [-0.05, 0) is 47.8 Å². The van der Waals surface area contributed by atoms with Crippen molar-refractivity contribution in [1.82, 2.24) is 10.3 Å². The molecule has 1 unspecified atom stereocenters. The van der Waals surface area contributed by atoms with Gasteiger partial charge in [-0.15, -0.1) is 0 Å². The maximum Gasteiger partial charge on any atom is 0.490 e. The number of fused-ring (bicyclic) bond motifs is 2. The number of halogens is 3. The van der Waals surface area contributed by atoms with Crippen LogP contribution in [0, 0.1) is 0 Å². The van der Waals surface area contributed by atoms with Crippen molar-refractivity contribution in [3.8, 4) is 11.3 Å². The van der Waals surface area contributed by atoms with Gasteiger partial charge in [0.25, 0.3) is 0 Å². The summed E-state index contributed by atoms with van der Waals surface area (Å²) in [6.07, 6.45) is 3.46. The molecule has 3 aromatic rings. The first-order chi connectivity index (χ1) is 15.3. The minimum atomic E-state index is -5.08. The molecule has 2 aromatic carbocycles. The van der Waals surface area contributed by atoms with Crippen molar-refractivity contribution in [3.63, 3.8) is 0 Å². The van der Waals surface area contributed by atoms with Gasteiger partial charge in [-0.3, -0.25) is 0 Å². The Kier molecular flexibility index (Phi) is 6.06. The zero-order valence-electron chi connectivity index (χ0n) is 17.2. The van der Waals surface area contributed by atoms with Crippen LogP contribution in [0.5, 0.6) is 0 Å². The van der Waals surface area contributed by atoms with Crippen LogP contribution in [0.15, 0.2) is 65.5 Å². The third-order valence-corrected chi connectivity index (χ3v) is 6.14. The fraction of sp³-hybridized carbons (Fsp3) is 0.333. The number of oxazole rings is 1. The second-order valence-corrected chi connectivity index (χ2v) is 8.21. The van der Waals surface area contributed by atoms with Gasteiger partial charge in [0.15, 0.2) is 12.2 Å². The quantitative estimate of drug-likeness (QED) is 0.545. The highest BCUT2D eigenvalue weighted by atomic mass is 19.4. The maximum absolute atomic E-state index is 10.6. The van der Waals surface area contributed by atoms with Crippen molar-refractivity contribution in [2.45, 2.75) is 49.9 Å². The van der Waals surface area contributed by atoms with E-state index < -0.39 is 12.1 Å². The Morgan fingerprint density at radius 1 is 1.12 bits per heavy atom. The molecular formula is C24H23F3N2O3. The first kappa shape index (κ1) is 22.1. The molecule has 5 nitrogen and oxygen atoms in total. The number of alkyl halides is 3. The number of nitrogens with one attached hydrogen (secondary N) is 1. The van der Waals surface area contributed by atoms with E-state index in [-0.39, 0.29) is 0 Å². The van der Waals surface area contributed by atoms with Crippen molar-refractivity contribution in [2.24, 2.45) is 0 Å². The van der Waals surface area contributed by atoms with Gasteiger partial charge >= 0.3 is 12.1 Å². The first-order valence-corrected chi connectivity index (χ1v) is 10.4. The molecule has 0 radical (unpaired) electrons. The molecule has 2 N–H and O–H groups in total. The Bertz CT molecular complexity index is 1060. The molecule has 2 aliphatic carbocycles. The SMILES string of the molecule is O=C(O)C(F)(F)F.c1ccc2c(c1)C(NCc1ccc(-c3cnco3)cc1)CCC21CC1. The predicted octanol–water partition coefficient (Wildman–Crippen LogP) is 5.63. The third-order valence-electron chi connectivity index (χ3n) is 6.14. The lowest BCUT2D eigenvalue weighted by Gasteiger charge is -2.32. The Balaban J connectivity index is 0.000000307. The number of aromatic nitrogens is 1. The Morgan fingerprint density at radius 2 is 1.81 bits per heavy atom. The van der Waals surface area contributed by atoms with E-state index in [4.69, 9.17) is 14.3 Å². The van der Waals surface area contributed by atoms with E-state index in [1.54, 1.807) is 11.8 Å². The number of carboxylic acid groups (broad SMARTS) is 1. The van der Waals surface area contributed by atoms with Crippen molar-refractivity contribution in [1.29, 1.82) is 0 Å². The number of hydrogen-bond donors (Lipinski definition) is 2. The monoisotopic (exact) mass is 444 g/mol. The van der Waals surface area contributed by atoms with Gasteiger partial charge in [-0.25, -0.2) is 9.78 Å². The Hall–Kier alpha value is -3.13. The normalized spacial score (nSPS) is 18.4. The summed E-state index contributed by atoms with van der Waals surface area (Å²) in [7, 11) is 0. The van der Waals surface area contributed by atoms with Crippen LogP contribution in [0.4, 0.5) is 13.2 Å². The average molecular weight is 444 g/mol. The fourth-order valence-electron chi connectivity index (χ4n) is 4.26. The summed E-state index contributed by atoms with van der Waals surface area (Å²) in [6.45, 7) is 0.892. The van der Waals surface area contributed by atoms with E-state index in [0.717, 1.165) is 17.9 Å². The predicted molar refractivity (Wildman–Crippen MR) is 112 cm³/mol. The van der Waals surface area contributed by atoms with E-state index >= 15 is 0 Å². The summed E-state index contributed by atoms with van der Waals surface area (Å²) in [5.74, 6) is -1.94. The van der Waals surface area contributed by atoms with Gasteiger partial charge in [0, 0.05) is 18.2 Å². The molecule has 1 heterocycles.